The topological polar surface area (TPSA) is 21.3 Å². The molecule has 1 saturated heterocycles. The van der Waals surface area contributed by atoms with Crippen molar-refractivity contribution >= 4 is 0 Å². The smallest absolute Gasteiger partial charge is 0.122 e. The first kappa shape index (κ1) is 12.4. The first-order valence-corrected chi connectivity index (χ1v) is 7.31. The molecule has 2 heteroatoms. The molecular formula is C16H25NO. The molecule has 2 nitrogen and oxygen atoms in total. The molecule has 2 saturated carbocycles. The Hall–Kier alpha value is -0.600. The van der Waals surface area contributed by atoms with Crippen LogP contribution < -0.4 is 5.32 Å². The van der Waals surface area contributed by atoms with Crippen LogP contribution in [0.25, 0.3) is 0 Å². The summed E-state index contributed by atoms with van der Waals surface area (Å²) in [5.41, 5.74) is 1.27. The van der Waals surface area contributed by atoms with Crippen LogP contribution in [0, 0.1) is 17.8 Å². The number of hydrogen-bond acceptors (Lipinski definition) is 2. The van der Waals surface area contributed by atoms with Crippen LogP contribution in [0.1, 0.15) is 38.5 Å². The summed E-state index contributed by atoms with van der Waals surface area (Å²) in [7, 11) is 1.86. The minimum atomic E-state index is 0.0783. The Morgan fingerprint density at radius 1 is 1.50 bits per heavy atom. The molecule has 5 atom stereocenters. The summed E-state index contributed by atoms with van der Waals surface area (Å²) < 4.78 is 5.68. The van der Waals surface area contributed by atoms with E-state index in [0.29, 0.717) is 0 Å². The highest BCUT2D eigenvalue weighted by Crippen LogP contribution is 2.59. The minimum Gasteiger partial charge on any atom is -0.364 e. The molecule has 18 heavy (non-hydrogen) atoms. The normalized spacial score (nSPS) is 45.2. The largest absolute Gasteiger partial charge is 0.364 e. The SMILES string of the molecule is C=CC(=C)CCC1CCC2NC3(OC)CC3C2C1. The Kier molecular flexibility index (Phi) is 3.11. The lowest BCUT2D eigenvalue weighted by atomic mass is 9.75. The second-order valence-electron chi connectivity index (χ2n) is 6.40. The van der Waals surface area contributed by atoms with E-state index in [9.17, 15) is 0 Å². The maximum atomic E-state index is 5.68. The lowest BCUT2D eigenvalue weighted by molar-refractivity contribution is 0.0483. The van der Waals surface area contributed by atoms with Crippen molar-refractivity contribution in [2.75, 3.05) is 7.11 Å². The van der Waals surface area contributed by atoms with Crippen molar-refractivity contribution in [2.45, 2.75) is 50.3 Å². The van der Waals surface area contributed by atoms with Gasteiger partial charge in [0.1, 0.15) is 5.72 Å². The van der Waals surface area contributed by atoms with Crippen LogP contribution in [0.3, 0.4) is 0 Å². The summed E-state index contributed by atoms with van der Waals surface area (Å²) in [5.74, 6) is 2.54. The van der Waals surface area contributed by atoms with Crippen LogP contribution >= 0.6 is 0 Å². The standard InChI is InChI=1S/C16H25NO/c1-4-11(2)5-6-12-7-8-15-13(9-12)14-10-16(14,17-15)18-3/h4,12-15,17H,1-2,5-10H2,3H3. The first-order chi connectivity index (χ1) is 8.68. The highest BCUT2D eigenvalue weighted by atomic mass is 16.5. The van der Waals surface area contributed by atoms with E-state index in [0.717, 1.165) is 30.2 Å². The summed E-state index contributed by atoms with van der Waals surface area (Å²) in [6.45, 7) is 7.81. The molecule has 0 amide bonds. The van der Waals surface area contributed by atoms with Gasteiger partial charge in [0.25, 0.3) is 0 Å². The fourth-order valence-corrected chi connectivity index (χ4v) is 4.21. The molecule has 0 aromatic rings. The summed E-state index contributed by atoms with van der Waals surface area (Å²) in [6.07, 6.45) is 9.64. The number of piperidine rings is 1. The monoisotopic (exact) mass is 247 g/mol. The van der Waals surface area contributed by atoms with E-state index in [4.69, 9.17) is 4.74 Å². The predicted octanol–water partition coefficient (Wildman–Crippen LogP) is 3.26. The van der Waals surface area contributed by atoms with E-state index >= 15 is 0 Å². The average Bonchev–Trinajstić information content (AvgIpc) is 3.04. The van der Waals surface area contributed by atoms with Crippen LogP contribution in [0.15, 0.2) is 24.8 Å². The first-order valence-electron chi connectivity index (χ1n) is 7.31. The second kappa shape index (κ2) is 4.50. The Bertz CT molecular complexity index is 362. The summed E-state index contributed by atoms with van der Waals surface area (Å²) in [6, 6.07) is 0.725. The Morgan fingerprint density at radius 2 is 2.33 bits per heavy atom. The fraction of sp³-hybridized carbons (Fsp3) is 0.750. The van der Waals surface area contributed by atoms with E-state index in [1.165, 1.54) is 37.7 Å². The van der Waals surface area contributed by atoms with Crippen molar-refractivity contribution in [3.05, 3.63) is 24.8 Å². The highest BCUT2D eigenvalue weighted by molar-refractivity contribution is 5.17. The van der Waals surface area contributed by atoms with Crippen molar-refractivity contribution in [1.82, 2.24) is 5.32 Å². The molecule has 0 bridgehead atoms. The third-order valence-electron chi connectivity index (χ3n) is 5.44. The third kappa shape index (κ3) is 1.96. The lowest BCUT2D eigenvalue weighted by Gasteiger charge is -2.33. The Balaban J connectivity index is 1.54. The molecule has 0 aromatic heterocycles. The molecule has 0 aromatic carbocycles. The van der Waals surface area contributed by atoms with Gasteiger partial charge in [-0.05, 0) is 50.4 Å². The quantitative estimate of drug-likeness (QED) is 0.753. The van der Waals surface area contributed by atoms with Crippen molar-refractivity contribution in [2.24, 2.45) is 17.8 Å². The summed E-state index contributed by atoms with van der Waals surface area (Å²) in [4.78, 5) is 0. The van der Waals surface area contributed by atoms with Gasteiger partial charge in [-0.15, -0.1) is 0 Å². The lowest BCUT2D eigenvalue weighted by Crippen LogP contribution is -2.40. The molecule has 3 aliphatic rings. The summed E-state index contributed by atoms with van der Waals surface area (Å²) >= 11 is 0. The fourth-order valence-electron chi connectivity index (χ4n) is 4.21. The van der Waals surface area contributed by atoms with Crippen molar-refractivity contribution in [3.8, 4) is 0 Å². The van der Waals surface area contributed by atoms with E-state index in [-0.39, 0.29) is 5.72 Å². The molecule has 0 spiro atoms. The van der Waals surface area contributed by atoms with Gasteiger partial charge in [-0.25, -0.2) is 0 Å². The molecule has 2 aliphatic carbocycles. The van der Waals surface area contributed by atoms with E-state index in [1.807, 2.05) is 13.2 Å². The highest BCUT2D eigenvalue weighted by Gasteiger charge is 2.66. The van der Waals surface area contributed by atoms with Crippen molar-refractivity contribution < 1.29 is 4.74 Å². The van der Waals surface area contributed by atoms with Gasteiger partial charge in [0, 0.05) is 19.1 Å². The molecule has 1 aliphatic heterocycles. The van der Waals surface area contributed by atoms with Crippen LogP contribution in [0.5, 0.6) is 0 Å². The van der Waals surface area contributed by atoms with Crippen LogP contribution in [-0.4, -0.2) is 18.9 Å². The maximum Gasteiger partial charge on any atom is 0.122 e. The van der Waals surface area contributed by atoms with E-state index < -0.39 is 0 Å². The number of nitrogens with one attached hydrogen (secondary N) is 1. The second-order valence-corrected chi connectivity index (χ2v) is 6.40. The zero-order chi connectivity index (χ0) is 12.8. The minimum absolute atomic E-state index is 0.0783. The van der Waals surface area contributed by atoms with Gasteiger partial charge in [-0.2, -0.15) is 0 Å². The van der Waals surface area contributed by atoms with Gasteiger partial charge in [0.15, 0.2) is 0 Å². The van der Waals surface area contributed by atoms with Crippen LogP contribution in [0.4, 0.5) is 0 Å². The van der Waals surface area contributed by atoms with Crippen LogP contribution in [-0.2, 0) is 4.74 Å². The number of methoxy groups -OCH3 is 1. The van der Waals surface area contributed by atoms with E-state index in [2.05, 4.69) is 18.5 Å². The van der Waals surface area contributed by atoms with Gasteiger partial charge in [-0.1, -0.05) is 24.8 Å². The van der Waals surface area contributed by atoms with Crippen molar-refractivity contribution in [3.63, 3.8) is 0 Å². The third-order valence-corrected chi connectivity index (χ3v) is 5.44. The molecule has 1 N–H and O–H groups in total. The zero-order valence-electron chi connectivity index (χ0n) is 11.5. The van der Waals surface area contributed by atoms with Crippen LogP contribution in [0.2, 0.25) is 0 Å². The molecule has 0 radical (unpaired) electrons. The van der Waals surface area contributed by atoms with Gasteiger partial charge in [-0.3, -0.25) is 5.32 Å². The molecule has 3 fully saturated rings. The molecule has 3 rings (SSSR count). The molecular weight excluding hydrogens is 222 g/mol. The Morgan fingerprint density at radius 3 is 3.06 bits per heavy atom. The van der Waals surface area contributed by atoms with E-state index in [1.54, 1.807) is 0 Å². The molecule has 1 heterocycles. The van der Waals surface area contributed by atoms with Gasteiger partial charge in [0.2, 0.25) is 0 Å². The van der Waals surface area contributed by atoms with Gasteiger partial charge < -0.3 is 4.74 Å². The number of ether oxygens (including phenoxy) is 1. The van der Waals surface area contributed by atoms with Gasteiger partial charge >= 0.3 is 0 Å². The Labute approximate surface area is 110 Å². The predicted molar refractivity (Wildman–Crippen MR) is 74.2 cm³/mol. The number of rotatable bonds is 5. The number of allylic oxidation sites excluding steroid dienone is 2. The number of fused-ring (bicyclic) bond motifs is 3. The zero-order valence-corrected chi connectivity index (χ0v) is 11.5. The summed E-state index contributed by atoms with van der Waals surface area (Å²) in [5, 5.41) is 3.73. The average molecular weight is 247 g/mol. The number of hydrogen-bond donors (Lipinski definition) is 1. The molecule has 100 valence electrons. The maximum absolute atomic E-state index is 5.68. The van der Waals surface area contributed by atoms with Gasteiger partial charge in [0.05, 0.1) is 0 Å². The van der Waals surface area contributed by atoms with Crippen molar-refractivity contribution in [1.29, 1.82) is 0 Å². The molecule has 5 unspecified atom stereocenters.